The third-order valence-corrected chi connectivity index (χ3v) is 4.72. The molecule has 0 fully saturated rings. The molecule has 7 nitrogen and oxygen atoms in total. The second kappa shape index (κ2) is 7.36. The maximum atomic E-state index is 13.0. The minimum absolute atomic E-state index is 0.209. The van der Waals surface area contributed by atoms with Crippen molar-refractivity contribution in [3.63, 3.8) is 0 Å². The Labute approximate surface area is 165 Å². The van der Waals surface area contributed by atoms with Crippen molar-refractivity contribution in [1.29, 1.82) is 0 Å². The van der Waals surface area contributed by atoms with Gasteiger partial charge in [-0.1, -0.05) is 41.9 Å². The lowest BCUT2D eigenvalue weighted by molar-refractivity contribution is 0.225. The van der Waals surface area contributed by atoms with Crippen molar-refractivity contribution >= 4 is 22.8 Å². The summed E-state index contributed by atoms with van der Waals surface area (Å²) in [5.74, 6) is 0.510. The van der Waals surface area contributed by atoms with Gasteiger partial charge in [0.15, 0.2) is 17.9 Å². The molecule has 0 saturated carbocycles. The van der Waals surface area contributed by atoms with Gasteiger partial charge < -0.3 is 9.30 Å². The molecular weight excluding hydrogens is 380 g/mol. The summed E-state index contributed by atoms with van der Waals surface area (Å²) in [6.07, 6.45) is 1.57. The molecule has 0 spiro atoms. The SMILES string of the molecule is Cn1c(=O)n(COc2ccc(Cl)cc2)c(=O)c2c1ncn2Cc1ccccc1. The number of hydrogen-bond donors (Lipinski definition) is 0. The maximum Gasteiger partial charge on any atom is 0.335 e. The molecular formula is C20H17ClN4O3. The highest BCUT2D eigenvalue weighted by Crippen LogP contribution is 2.16. The summed E-state index contributed by atoms with van der Waals surface area (Å²) in [6.45, 7) is 0.266. The Kier molecular flexibility index (Phi) is 4.75. The average molecular weight is 397 g/mol. The molecule has 0 aliphatic rings. The van der Waals surface area contributed by atoms with Crippen LogP contribution in [0.2, 0.25) is 5.02 Å². The Bertz CT molecular complexity index is 1240. The molecule has 0 atom stereocenters. The van der Waals surface area contributed by atoms with E-state index in [2.05, 4.69) is 4.98 Å². The Morgan fingerprint density at radius 2 is 1.75 bits per heavy atom. The third kappa shape index (κ3) is 3.32. The fraction of sp³-hybridized carbons (Fsp3) is 0.150. The van der Waals surface area contributed by atoms with Gasteiger partial charge in [0.1, 0.15) is 5.75 Å². The first kappa shape index (κ1) is 18.1. The van der Waals surface area contributed by atoms with Crippen LogP contribution in [-0.2, 0) is 20.3 Å². The van der Waals surface area contributed by atoms with E-state index in [9.17, 15) is 9.59 Å². The van der Waals surface area contributed by atoms with Crippen LogP contribution < -0.4 is 16.0 Å². The zero-order valence-corrected chi connectivity index (χ0v) is 15.8. The molecule has 0 unspecified atom stereocenters. The molecule has 2 aromatic heterocycles. The summed E-state index contributed by atoms with van der Waals surface area (Å²) >= 11 is 5.86. The van der Waals surface area contributed by atoms with Crippen LogP contribution in [0.5, 0.6) is 5.75 Å². The zero-order valence-electron chi connectivity index (χ0n) is 15.1. The Balaban J connectivity index is 1.74. The zero-order chi connectivity index (χ0) is 19.7. The summed E-state index contributed by atoms with van der Waals surface area (Å²) in [5, 5.41) is 0.576. The lowest BCUT2D eigenvalue weighted by Gasteiger charge is -2.11. The lowest BCUT2D eigenvalue weighted by Crippen LogP contribution is -2.40. The van der Waals surface area contributed by atoms with Gasteiger partial charge in [-0.05, 0) is 29.8 Å². The van der Waals surface area contributed by atoms with E-state index in [1.807, 2.05) is 30.3 Å². The normalized spacial score (nSPS) is 11.1. The van der Waals surface area contributed by atoms with E-state index >= 15 is 0 Å². The van der Waals surface area contributed by atoms with E-state index in [4.69, 9.17) is 16.3 Å². The quantitative estimate of drug-likeness (QED) is 0.520. The number of aryl methyl sites for hydroxylation is 1. The Hall–Kier alpha value is -3.32. The van der Waals surface area contributed by atoms with Crippen LogP contribution in [0.4, 0.5) is 0 Å². The molecule has 0 amide bonds. The van der Waals surface area contributed by atoms with Gasteiger partial charge in [0.05, 0.1) is 6.33 Å². The smallest absolute Gasteiger partial charge is 0.335 e. The van der Waals surface area contributed by atoms with E-state index in [0.717, 1.165) is 10.1 Å². The number of halogens is 1. The molecule has 4 aromatic rings. The van der Waals surface area contributed by atoms with Crippen LogP contribution >= 0.6 is 11.6 Å². The highest BCUT2D eigenvalue weighted by Gasteiger charge is 2.16. The van der Waals surface area contributed by atoms with Crippen molar-refractivity contribution < 1.29 is 4.74 Å². The fourth-order valence-electron chi connectivity index (χ4n) is 3.01. The molecule has 0 N–H and O–H groups in total. The second-order valence-electron chi connectivity index (χ2n) is 6.33. The van der Waals surface area contributed by atoms with E-state index in [0.29, 0.717) is 28.5 Å². The van der Waals surface area contributed by atoms with Crippen molar-refractivity contribution in [2.45, 2.75) is 13.3 Å². The van der Waals surface area contributed by atoms with E-state index in [1.165, 1.54) is 4.57 Å². The number of imidazole rings is 1. The minimum atomic E-state index is -0.489. The third-order valence-electron chi connectivity index (χ3n) is 4.47. The van der Waals surface area contributed by atoms with Gasteiger partial charge in [0.2, 0.25) is 0 Å². The first-order chi connectivity index (χ1) is 13.5. The summed E-state index contributed by atoms with van der Waals surface area (Å²) in [4.78, 5) is 29.9. The van der Waals surface area contributed by atoms with Crippen LogP contribution in [0.1, 0.15) is 5.56 Å². The van der Waals surface area contributed by atoms with Crippen LogP contribution in [0.3, 0.4) is 0 Å². The molecule has 0 radical (unpaired) electrons. The van der Waals surface area contributed by atoms with Gasteiger partial charge in [0.25, 0.3) is 5.56 Å². The number of hydrogen-bond acceptors (Lipinski definition) is 4. The van der Waals surface area contributed by atoms with E-state index in [-0.39, 0.29) is 6.73 Å². The summed E-state index contributed by atoms with van der Waals surface area (Å²) < 4.78 is 9.76. The molecule has 142 valence electrons. The van der Waals surface area contributed by atoms with Gasteiger partial charge >= 0.3 is 5.69 Å². The van der Waals surface area contributed by atoms with Gasteiger partial charge in [-0.3, -0.25) is 9.36 Å². The van der Waals surface area contributed by atoms with Crippen molar-refractivity contribution in [2.24, 2.45) is 7.05 Å². The molecule has 2 heterocycles. The minimum Gasteiger partial charge on any atom is -0.472 e. The van der Waals surface area contributed by atoms with Gasteiger partial charge in [0, 0.05) is 18.6 Å². The van der Waals surface area contributed by atoms with Crippen LogP contribution in [0.25, 0.3) is 11.2 Å². The lowest BCUT2D eigenvalue weighted by atomic mass is 10.2. The van der Waals surface area contributed by atoms with Gasteiger partial charge in [-0.2, -0.15) is 0 Å². The molecule has 2 aromatic carbocycles. The highest BCUT2D eigenvalue weighted by molar-refractivity contribution is 6.30. The number of benzene rings is 2. The van der Waals surface area contributed by atoms with E-state index in [1.54, 1.807) is 42.2 Å². The summed E-state index contributed by atoms with van der Waals surface area (Å²) in [6, 6.07) is 16.4. The largest absolute Gasteiger partial charge is 0.472 e. The molecule has 0 aliphatic heterocycles. The predicted octanol–water partition coefficient (Wildman–Crippen LogP) is 2.63. The molecule has 4 rings (SSSR count). The molecule has 0 saturated heterocycles. The van der Waals surface area contributed by atoms with Gasteiger partial charge in [-0.15, -0.1) is 0 Å². The van der Waals surface area contributed by atoms with Crippen LogP contribution in [0, 0.1) is 0 Å². The van der Waals surface area contributed by atoms with E-state index < -0.39 is 11.2 Å². The number of nitrogens with zero attached hydrogens (tertiary/aromatic N) is 4. The Morgan fingerprint density at radius 3 is 2.46 bits per heavy atom. The molecule has 0 bridgehead atoms. The van der Waals surface area contributed by atoms with Crippen molar-refractivity contribution in [1.82, 2.24) is 18.7 Å². The van der Waals surface area contributed by atoms with Crippen molar-refractivity contribution in [2.75, 3.05) is 0 Å². The number of rotatable bonds is 5. The highest BCUT2D eigenvalue weighted by atomic mass is 35.5. The van der Waals surface area contributed by atoms with Gasteiger partial charge in [-0.25, -0.2) is 14.3 Å². The molecule has 0 aliphatic carbocycles. The van der Waals surface area contributed by atoms with Crippen LogP contribution in [0.15, 0.2) is 70.5 Å². The van der Waals surface area contributed by atoms with Crippen LogP contribution in [-0.4, -0.2) is 18.7 Å². The first-order valence-electron chi connectivity index (χ1n) is 8.61. The number of ether oxygens (including phenoxy) is 1. The van der Waals surface area contributed by atoms with Crippen molar-refractivity contribution in [3.8, 4) is 5.75 Å². The maximum absolute atomic E-state index is 13.0. The van der Waals surface area contributed by atoms with Crippen molar-refractivity contribution in [3.05, 3.63) is 92.3 Å². The summed E-state index contributed by atoms with van der Waals surface area (Å²) in [7, 11) is 1.59. The summed E-state index contributed by atoms with van der Waals surface area (Å²) in [5.41, 5.74) is 0.787. The predicted molar refractivity (Wildman–Crippen MR) is 107 cm³/mol. The monoisotopic (exact) mass is 396 g/mol. The second-order valence-corrected chi connectivity index (χ2v) is 6.77. The topological polar surface area (TPSA) is 71.1 Å². The first-order valence-corrected chi connectivity index (χ1v) is 8.99. The number of fused-ring (bicyclic) bond motifs is 1. The average Bonchev–Trinajstić information content (AvgIpc) is 3.12. The molecule has 28 heavy (non-hydrogen) atoms. The fourth-order valence-corrected chi connectivity index (χ4v) is 3.13. The number of aromatic nitrogens is 4. The molecule has 8 heteroatoms. The Morgan fingerprint density at radius 1 is 1.04 bits per heavy atom. The standard InChI is InChI=1S/C20H17ClN4O3/c1-23-18-17(24(12-22-18)11-14-5-3-2-4-6-14)19(26)25(20(23)27)13-28-16-9-7-15(21)8-10-16/h2-10,12H,11,13H2,1H3.